The molecule has 0 aliphatic carbocycles. The molecule has 6 nitrogen and oxygen atoms in total. The maximum absolute atomic E-state index is 14.6. The molecule has 1 aliphatic heterocycles. The van der Waals surface area contributed by atoms with Gasteiger partial charge in [0.2, 0.25) is 0 Å². The number of thioether (sulfide) groups is 1. The van der Waals surface area contributed by atoms with Crippen LogP contribution in [0.5, 0.6) is 0 Å². The summed E-state index contributed by atoms with van der Waals surface area (Å²) in [5, 5.41) is 20.8. The van der Waals surface area contributed by atoms with Gasteiger partial charge in [-0.3, -0.25) is 10.8 Å². The van der Waals surface area contributed by atoms with Gasteiger partial charge in [0.25, 0.3) is 0 Å². The number of nitrogens with zero attached hydrogens (tertiary/aromatic N) is 3. The lowest BCUT2D eigenvalue weighted by Gasteiger charge is -2.49. The second-order valence-corrected chi connectivity index (χ2v) is 9.94. The molecule has 3 rings (SSSR count). The van der Waals surface area contributed by atoms with Crippen molar-refractivity contribution in [1.82, 2.24) is 19.8 Å². The predicted molar refractivity (Wildman–Crippen MR) is 118 cm³/mol. The number of piperidine rings is 1. The minimum absolute atomic E-state index is 0.0315. The Bertz CT molecular complexity index is 890. The number of benzene rings is 1. The molecule has 0 amide bonds. The first-order valence-corrected chi connectivity index (χ1v) is 10.4. The summed E-state index contributed by atoms with van der Waals surface area (Å²) in [6.07, 6.45) is 6.76. The number of nitrogens with one attached hydrogen (secondary N) is 3. The Kier molecular flexibility index (Phi) is 5.87. The van der Waals surface area contributed by atoms with Gasteiger partial charge in [-0.2, -0.15) is 0 Å². The number of halogens is 1. The highest BCUT2D eigenvalue weighted by Crippen LogP contribution is 2.32. The van der Waals surface area contributed by atoms with E-state index in [1.54, 1.807) is 35.4 Å². The molecular weight excluding hydrogens is 387 g/mol. The van der Waals surface area contributed by atoms with Gasteiger partial charge in [-0.1, -0.05) is 0 Å². The zero-order chi connectivity index (χ0) is 21.4. The minimum Gasteiger partial charge on any atom is -0.351 e. The standard InChI is InChI=1S/C21H29FN6S/c1-20(2)11-15(12-21(3,4)26-20)27(5)19(24)29-18(23)16-7-6-14(10-17(16)22)28-9-8-25-13-28/h6-10,13,15,23-24,26H,11-12H2,1-5H3. The van der Waals surface area contributed by atoms with Crippen LogP contribution in [0, 0.1) is 16.6 Å². The average molecular weight is 417 g/mol. The highest BCUT2D eigenvalue weighted by atomic mass is 32.2. The van der Waals surface area contributed by atoms with Crippen molar-refractivity contribution in [2.24, 2.45) is 0 Å². The molecule has 0 bridgehead atoms. The Morgan fingerprint density at radius 1 is 1.24 bits per heavy atom. The molecule has 0 unspecified atom stereocenters. The molecule has 8 heteroatoms. The zero-order valence-corrected chi connectivity index (χ0v) is 18.4. The van der Waals surface area contributed by atoms with Crippen LogP contribution in [0.4, 0.5) is 4.39 Å². The SMILES string of the molecule is CN(C(=N)SC(=N)c1ccc(-n2ccnc2)cc1F)C1CC(C)(C)NC(C)(C)C1. The zero-order valence-electron chi connectivity index (χ0n) is 17.6. The van der Waals surface area contributed by atoms with Gasteiger partial charge < -0.3 is 14.8 Å². The Morgan fingerprint density at radius 2 is 1.90 bits per heavy atom. The van der Waals surface area contributed by atoms with Gasteiger partial charge in [-0.25, -0.2) is 9.37 Å². The van der Waals surface area contributed by atoms with Crippen LogP contribution in [0.2, 0.25) is 0 Å². The largest absolute Gasteiger partial charge is 0.351 e. The van der Waals surface area contributed by atoms with E-state index in [1.165, 1.54) is 6.07 Å². The molecule has 1 saturated heterocycles. The van der Waals surface area contributed by atoms with Gasteiger partial charge in [0.05, 0.1) is 6.33 Å². The highest BCUT2D eigenvalue weighted by molar-refractivity contribution is 8.26. The number of amidine groups is 1. The number of hydrogen-bond donors (Lipinski definition) is 3. The first-order valence-electron chi connectivity index (χ1n) is 9.63. The lowest BCUT2D eigenvalue weighted by atomic mass is 9.79. The van der Waals surface area contributed by atoms with E-state index >= 15 is 0 Å². The highest BCUT2D eigenvalue weighted by Gasteiger charge is 2.39. The van der Waals surface area contributed by atoms with Crippen molar-refractivity contribution in [1.29, 1.82) is 10.8 Å². The fourth-order valence-electron chi connectivity index (χ4n) is 4.19. The third-order valence-electron chi connectivity index (χ3n) is 5.24. The Hall–Kier alpha value is -2.19. The third kappa shape index (κ3) is 5.05. The van der Waals surface area contributed by atoms with Crippen LogP contribution in [0.1, 0.15) is 46.1 Å². The first-order chi connectivity index (χ1) is 13.5. The van der Waals surface area contributed by atoms with Crippen LogP contribution in [-0.4, -0.2) is 48.8 Å². The number of rotatable bonds is 3. The van der Waals surface area contributed by atoms with Crippen molar-refractivity contribution >= 4 is 22.0 Å². The summed E-state index contributed by atoms with van der Waals surface area (Å²) in [5.41, 5.74) is 0.777. The molecule has 1 aliphatic rings. The maximum atomic E-state index is 14.6. The van der Waals surface area contributed by atoms with Crippen LogP contribution in [0.15, 0.2) is 36.9 Å². The Morgan fingerprint density at radius 3 is 2.45 bits per heavy atom. The Labute approximate surface area is 175 Å². The lowest BCUT2D eigenvalue weighted by molar-refractivity contribution is 0.114. The van der Waals surface area contributed by atoms with E-state index in [1.807, 2.05) is 11.9 Å². The van der Waals surface area contributed by atoms with E-state index in [2.05, 4.69) is 38.0 Å². The van der Waals surface area contributed by atoms with Crippen LogP contribution in [-0.2, 0) is 0 Å². The number of imidazole rings is 1. The fraction of sp³-hybridized carbons (Fsp3) is 0.476. The molecule has 2 aromatic rings. The predicted octanol–water partition coefficient (Wildman–Crippen LogP) is 4.25. The topological polar surface area (TPSA) is 80.8 Å². The number of hydrogen-bond acceptors (Lipinski definition) is 5. The number of aromatic nitrogens is 2. The van der Waals surface area contributed by atoms with Crippen LogP contribution < -0.4 is 5.32 Å². The molecule has 1 aromatic carbocycles. The van der Waals surface area contributed by atoms with Gasteiger partial charge >= 0.3 is 0 Å². The van der Waals surface area contributed by atoms with E-state index in [4.69, 9.17) is 10.8 Å². The summed E-state index contributed by atoms with van der Waals surface area (Å²) in [7, 11) is 1.89. The molecule has 29 heavy (non-hydrogen) atoms. The van der Waals surface area contributed by atoms with Crippen molar-refractivity contribution in [2.45, 2.75) is 57.7 Å². The summed E-state index contributed by atoms with van der Waals surface area (Å²) in [4.78, 5) is 5.88. The van der Waals surface area contributed by atoms with E-state index in [-0.39, 0.29) is 32.9 Å². The lowest BCUT2D eigenvalue weighted by Crippen LogP contribution is -2.62. The van der Waals surface area contributed by atoms with Gasteiger partial charge in [-0.15, -0.1) is 0 Å². The van der Waals surface area contributed by atoms with E-state index < -0.39 is 5.82 Å². The van der Waals surface area contributed by atoms with Crippen LogP contribution in [0.3, 0.4) is 0 Å². The normalized spacial score (nSPS) is 18.4. The van der Waals surface area contributed by atoms with Crippen molar-refractivity contribution < 1.29 is 4.39 Å². The molecule has 1 aromatic heterocycles. The van der Waals surface area contributed by atoms with E-state index in [0.717, 1.165) is 24.6 Å². The van der Waals surface area contributed by atoms with Crippen molar-refractivity contribution in [3.05, 3.63) is 48.3 Å². The Balaban J connectivity index is 1.69. The molecule has 0 atom stereocenters. The summed E-state index contributed by atoms with van der Waals surface area (Å²) in [5.74, 6) is -0.478. The van der Waals surface area contributed by atoms with Gasteiger partial charge in [0.1, 0.15) is 10.9 Å². The van der Waals surface area contributed by atoms with Gasteiger partial charge in [0, 0.05) is 47.8 Å². The van der Waals surface area contributed by atoms with Crippen molar-refractivity contribution in [3.8, 4) is 5.69 Å². The molecule has 0 saturated carbocycles. The van der Waals surface area contributed by atoms with Crippen molar-refractivity contribution in [2.75, 3.05) is 7.05 Å². The summed E-state index contributed by atoms with van der Waals surface area (Å²) >= 11 is 0.985. The van der Waals surface area contributed by atoms with Crippen LogP contribution >= 0.6 is 11.8 Å². The summed E-state index contributed by atoms with van der Waals surface area (Å²) < 4.78 is 16.3. The second kappa shape index (κ2) is 7.91. The second-order valence-electron chi connectivity index (χ2n) is 8.94. The monoisotopic (exact) mass is 416 g/mol. The van der Waals surface area contributed by atoms with Crippen molar-refractivity contribution in [3.63, 3.8) is 0 Å². The molecule has 2 heterocycles. The molecule has 0 radical (unpaired) electrons. The molecule has 0 spiro atoms. The van der Waals surface area contributed by atoms with Gasteiger partial charge in [-0.05, 0) is 70.5 Å². The third-order valence-corrected chi connectivity index (χ3v) is 6.14. The molecule has 1 fully saturated rings. The quantitative estimate of drug-likeness (QED) is 0.516. The maximum Gasteiger partial charge on any atom is 0.162 e. The first kappa shape index (κ1) is 21.5. The molecular formula is C21H29FN6S. The fourth-order valence-corrected chi connectivity index (χ4v) is 4.95. The smallest absolute Gasteiger partial charge is 0.162 e. The summed E-state index contributed by atoms with van der Waals surface area (Å²) in [6, 6.07) is 4.91. The molecule has 3 N–H and O–H groups in total. The van der Waals surface area contributed by atoms with Gasteiger partial charge in [0.15, 0.2) is 5.17 Å². The van der Waals surface area contributed by atoms with Crippen LogP contribution in [0.25, 0.3) is 5.69 Å². The molecule has 156 valence electrons. The average Bonchev–Trinajstić information content (AvgIpc) is 3.12. The van der Waals surface area contributed by atoms with E-state index in [9.17, 15) is 4.39 Å². The van der Waals surface area contributed by atoms with E-state index in [0.29, 0.717) is 5.69 Å². The summed E-state index contributed by atoms with van der Waals surface area (Å²) in [6.45, 7) is 8.69. The minimum atomic E-state index is -0.478.